The maximum Gasteiger partial charge on any atom is 0.251 e. The van der Waals surface area contributed by atoms with E-state index in [9.17, 15) is 9.90 Å². The quantitative estimate of drug-likeness (QED) is 0.854. The number of rotatable bonds is 4. The lowest BCUT2D eigenvalue weighted by molar-refractivity contribution is 0.0947. The van der Waals surface area contributed by atoms with Crippen LogP contribution >= 0.6 is 0 Å². The van der Waals surface area contributed by atoms with Crippen LogP contribution in [0.5, 0.6) is 11.5 Å². The van der Waals surface area contributed by atoms with E-state index >= 15 is 0 Å². The maximum absolute atomic E-state index is 12.0. The van der Waals surface area contributed by atoms with E-state index in [1.54, 1.807) is 12.1 Å². The molecule has 5 nitrogen and oxygen atoms in total. The van der Waals surface area contributed by atoms with E-state index in [1.165, 1.54) is 13.2 Å². The van der Waals surface area contributed by atoms with Crippen LogP contribution in [-0.4, -0.2) is 49.7 Å². The topological polar surface area (TPSA) is 61.8 Å². The largest absolute Gasteiger partial charge is 0.504 e. The monoisotopic (exact) mass is 264 g/mol. The average molecular weight is 264 g/mol. The van der Waals surface area contributed by atoms with Gasteiger partial charge in [0, 0.05) is 18.7 Å². The fraction of sp³-hybridized carbons (Fsp3) is 0.500. The first kappa shape index (κ1) is 13.7. The van der Waals surface area contributed by atoms with Crippen molar-refractivity contribution in [2.75, 3.05) is 33.8 Å². The summed E-state index contributed by atoms with van der Waals surface area (Å²) >= 11 is 0. The Hall–Kier alpha value is -1.75. The van der Waals surface area contributed by atoms with Gasteiger partial charge >= 0.3 is 0 Å². The molecule has 1 aliphatic rings. The van der Waals surface area contributed by atoms with Gasteiger partial charge < -0.3 is 20.1 Å². The zero-order valence-corrected chi connectivity index (χ0v) is 11.3. The van der Waals surface area contributed by atoms with Gasteiger partial charge in [-0.3, -0.25) is 4.79 Å². The van der Waals surface area contributed by atoms with Crippen molar-refractivity contribution in [1.29, 1.82) is 0 Å². The number of carbonyl (C=O) groups is 1. The summed E-state index contributed by atoms with van der Waals surface area (Å²) in [5.74, 6) is 0.706. The molecule has 2 rings (SSSR count). The van der Waals surface area contributed by atoms with Crippen LogP contribution < -0.4 is 10.1 Å². The van der Waals surface area contributed by atoms with Gasteiger partial charge in [-0.15, -0.1) is 0 Å². The average Bonchev–Trinajstić information content (AvgIpc) is 2.81. The lowest BCUT2D eigenvalue weighted by Crippen LogP contribution is -2.30. The third kappa shape index (κ3) is 3.38. The van der Waals surface area contributed by atoms with Crippen molar-refractivity contribution in [3.05, 3.63) is 23.8 Å². The van der Waals surface area contributed by atoms with Gasteiger partial charge in [-0.1, -0.05) is 0 Å². The maximum atomic E-state index is 12.0. The Labute approximate surface area is 113 Å². The zero-order valence-electron chi connectivity index (χ0n) is 11.3. The fourth-order valence-electron chi connectivity index (χ4n) is 2.36. The van der Waals surface area contributed by atoms with Gasteiger partial charge in [-0.25, -0.2) is 0 Å². The molecule has 5 heteroatoms. The molecule has 1 heterocycles. The van der Waals surface area contributed by atoms with Crippen molar-refractivity contribution in [2.45, 2.75) is 6.42 Å². The van der Waals surface area contributed by atoms with Crippen LogP contribution in [0.3, 0.4) is 0 Å². The smallest absolute Gasteiger partial charge is 0.251 e. The van der Waals surface area contributed by atoms with Gasteiger partial charge in [0.2, 0.25) is 0 Å². The second kappa shape index (κ2) is 5.93. The second-order valence-electron chi connectivity index (χ2n) is 5.01. The van der Waals surface area contributed by atoms with Crippen LogP contribution in [0.15, 0.2) is 18.2 Å². The van der Waals surface area contributed by atoms with Crippen molar-refractivity contribution in [3.8, 4) is 11.5 Å². The van der Waals surface area contributed by atoms with Crippen LogP contribution in [-0.2, 0) is 0 Å². The Morgan fingerprint density at radius 3 is 2.95 bits per heavy atom. The third-order valence-electron chi connectivity index (χ3n) is 3.48. The SMILES string of the molecule is COc1ccc(C(=O)NCC2CCN(C)C2)cc1O. The summed E-state index contributed by atoms with van der Waals surface area (Å²) in [7, 11) is 3.56. The highest BCUT2D eigenvalue weighted by molar-refractivity contribution is 5.94. The molecule has 1 saturated heterocycles. The van der Waals surface area contributed by atoms with E-state index in [4.69, 9.17) is 4.74 Å². The van der Waals surface area contributed by atoms with Crippen molar-refractivity contribution in [3.63, 3.8) is 0 Å². The molecule has 0 aliphatic carbocycles. The van der Waals surface area contributed by atoms with Gasteiger partial charge in [0.05, 0.1) is 7.11 Å². The van der Waals surface area contributed by atoms with Crippen molar-refractivity contribution in [2.24, 2.45) is 5.92 Å². The number of nitrogens with zero attached hydrogens (tertiary/aromatic N) is 1. The van der Waals surface area contributed by atoms with Crippen molar-refractivity contribution in [1.82, 2.24) is 10.2 Å². The Morgan fingerprint density at radius 1 is 1.58 bits per heavy atom. The predicted octanol–water partition coefficient (Wildman–Crippen LogP) is 1.08. The number of hydrogen-bond donors (Lipinski definition) is 2. The number of phenolic OH excluding ortho intramolecular Hbond substituents is 1. The minimum Gasteiger partial charge on any atom is -0.504 e. The van der Waals surface area contributed by atoms with Crippen LogP contribution in [0.1, 0.15) is 16.8 Å². The molecule has 0 radical (unpaired) electrons. The van der Waals surface area contributed by atoms with E-state index in [0.717, 1.165) is 19.5 Å². The predicted molar refractivity (Wildman–Crippen MR) is 72.6 cm³/mol. The van der Waals surface area contributed by atoms with Crippen molar-refractivity contribution < 1.29 is 14.6 Å². The highest BCUT2D eigenvalue weighted by Crippen LogP contribution is 2.26. The normalized spacial score (nSPS) is 19.4. The number of benzene rings is 1. The number of methoxy groups -OCH3 is 1. The Kier molecular flexibility index (Phi) is 4.27. The lowest BCUT2D eigenvalue weighted by atomic mass is 10.1. The van der Waals surface area contributed by atoms with Crippen molar-refractivity contribution >= 4 is 5.91 Å². The lowest BCUT2D eigenvalue weighted by Gasteiger charge is -2.12. The number of hydrogen-bond acceptors (Lipinski definition) is 4. The molecule has 1 aromatic carbocycles. The Morgan fingerprint density at radius 2 is 2.37 bits per heavy atom. The molecule has 2 N–H and O–H groups in total. The molecule has 1 unspecified atom stereocenters. The Bertz CT molecular complexity index is 462. The number of amides is 1. The van der Waals surface area contributed by atoms with E-state index in [2.05, 4.69) is 17.3 Å². The summed E-state index contributed by atoms with van der Waals surface area (Å²) in [6, 6.07) is 4.66. The molecule has 1 fully saturated rings. The first-order valence-corrected chi connectivity index (χ1v) is 6.44. The summed E-state index contributed by atoms with van der Waals surface area (Å²) in [6.45, 7) is 2.79. The summed E-state index contributed by atoms with van der Waals surface area (Å²) < 4.78 is 4.95. The molecular formula is C14H20N2O3. The molecule has 0 saturated carbocycles. The summed E-state index contributed by atoms with van der Waals surface area (Å²) in [5.41, 5.74) is 0.449. The van der Waals surface area contributed by atoms with Crippen LogP contribution in [0.2, 0.25) is 0 Å². The van der Waals surface area contributed by atoms with E-state index in [-0.39, 0.29) is 11.7 Å². The molecule has 1 aromatic rings. The highest BCUT2D eigenvalue weighted by Gasteiger charge is 2.20. The first-order valence-electron chi connectivity index (χ1n) is 6.44. The van der Waals surface area contributed by atoms with Crippen LogP contribution in [0.25, 0.3) is 0 Å². The molecule has 0 spiro atoms. The molecule has 1 atom stereocenters. The van der Waals surface area contributed by atoms with Crippen LogP contribution in [0.4, 0.5) is 0 Å². The third-order valence-corrected chi connectivity index (χ3v) is 3.48. The van der Waals surface area contributed by atoms with Crippen LogP contribution in [0, 0.1) is 5.92 Å². The highest BCUT2D eigenvalue weighted by atomic mass is 16.5. The molecule has 0 aromatic heterocycles. The number of nitrogens with one attached hydrogen (secondary N) is 1. The second-order valence-corrected chi connectivity index (χ2v) is 5.01. The van der Waals surface area contributed by atoms with E-state index in [0.29, 0.717) is 23.8 Å². The Balaban J connectivity index is 1.91. The first-order chi connectivity index (χ1) is 9.10. The number of phenols is 1. The summed E-state index contributed by atoms with van der Waals surface area (Å²) in [4.78, 5) is 14.2. The van der Waals surface area contributed by atoms with E-state index in [1.807, 2.05) is 0 Å². The molecule has 1 aliphatic heterocycles. The summed E-state index contributed by atoms with van der Waals surface area (Å²) in [6.07, 6.45) is 1.12. The summed E-state index contributed by atoms with van der Waals surface area (Å²) in [5, 5.41) is 12.6. The van der Waals surface area contributed by atoms with E-state index < -0.39 is 0 Å². The zero-order chi connectivity index (χ0) is 13.8. The molecule has 19 heavy (non-hydrogen) atoms. The standard InChI is InChI=1S/C14H20N2O3/c1-16-6-5-10(9-16)8-15-14(18)11-3-4-13(19-2)12(17)7-11/h3-4,7,10,17H,5-6,8-9H2,1-2H3,(H,15,18). The number of likely N-dealkylation sites (tertiary alicyclic amines) is 1. The minimum atomic E-state index is -0.160. The number of carbonyl (C=O) groups excluding carboxylic acids is 1. The minimum absolute atomic E-state index is 0.0178. The molecular weight excluding hydrogens is 244 g/mol. The van der Waals surface area contributed by atoms with Gasteiger partial charge in [-0.05, 0) is 44.1 Å². The van der Waals surface area contributed by atoms with Gasteiger partial charge in [0.25, 0.3) is 5.91 Å². The molecule has 1 amide bonds. The molecule has 104 valence electrons. The van der Waals surface area contributed by atoms with Gasteiger partial charge in [0.1, 0.15) is 0 Å². The van der Waals surface area contributed by atoms with Gasteiger partial charge in [0.15, 0.2) is 11.5 Å². The number of ether oxygens (including phenoxy) is 1. The molecule has 0 bridgehead atoms. The number of aromatic hydroxyl groups is 1. The van der Waals surface area contributed by atoms with Gasteiger partial charge in [-0.2, -0.15) is 0 Å². The fourth-order valence-corrected chi connectivity index (χ4v) is 2.36.